The molecule has 0 aliphatic heterocycles. The SMILES string of the molecule is CCCCn1c(=O)c2sccc2n2c(SCC(=O)NCc3ccc(F)cc3)nnc12. The van der Waals surface area contributed by atoms with E-state index in [0.29, 0.717) is 28.7 Å². The smallest absolute Gasteiger partial charge is 0.272 e. The van der Waals surface area contributed by atoms with E-state index in [2.05, 4.69) is 22.4 Å². The topological polar surface area (TPSA) is 81.3 Å². The Bertz CT molecular complexity index is 1250. The fraction of sp³-hybridized carbons (Fsp3) is 0.300. The normalized spacial score (nSPS) is 11.4. The first kappa shape index (κ1) is 20.5. The van der Waals surface area contributed by atoms with E-state index >= 15 is 0 Å². The van der Waals surface area contributed by atoms with E-state index in [-0.39, 0.29) is 23.0 Å². The number of aryl methyl sites for hydroxylation is 1. The summed E-state index contributed by atoms with van der Waals surface area (Å²) in [5, 5.41) is 13.7. The Hall–Kier alpha value is -2.72. The molecule has 4 rings (SSSR count). The highest BCUT2D eigenvalue weighted by Crippen LogP contribution is 2.24. The van der Waals surface area contributed by atoms with Crippen LogP contribution in [0.2, 0.25) is 0 Å². The highest BCUT2D eigenvalue weighted by Gasteiger charge is 2.18. The van der Waals surface area contributed by atoms with Crippen LogP contribution < -0.4 is 10.9 Å². The van der Waals surface area contributed by atoms with Gasteiger partial charge < -0.3 is 5.32 Å². The fourth-order valence-corrected chi connectivity index (χ4v) is 4.69. The van der Waals surface area contributed by atoms with Crippen LogP contribution in [0.25, 0.3) is 16.0 Å². The van der Waals surface area contributed by atoms with Crippen molar-refractivity contribution >= 4 is 45.0 Å². The Labute approximate surface area is 179 Å². The summed E-state index contributed by atoms with van der Waals surface area (Å²) in [7, 11) is 0. The van der Waals surface area contributed by atoms with Gasteiger partial charge in [0.1, 0.15) is 10.5 Å². The van der Waals surface area contributed by atoms with Gasteiger partial charge in [0.2, 0.25) is 11.7 Å². The predicted octanol–water partition coefficient (Wildman–Crippen LogP) is 3.45. The molecule has 0 saturated carbocycles. The number of benzene rings is 1. The molecular weight excluding hydrogens is 425 g/mol. The summed E-state index contributed by atoms with van der Waals surface area (Å²) in [6.45, 7) is 2.97. The summed E-state index contributed by atoms with van der Waals surface area (Å²) in [5.41, 5.74) is 1.52. The van der Waals surface area contributed by atoms with Crippen molar-refractivity contribution in [1.82, 2.24) is 24.5 Å². The molecule has 0 radical (unpaired) electrons. The molecule has 3 heterocycles. The molecule has 0 unspecified atom stereocenters. The lowest BCUT2D eigenvalue weighted by molar-refractivity contribution is -0.118. The molecule has 0 aliphatic carbocycles. The number of carbonyl (C=O) groups excluding carboxylic acids is 1. The number of rotatable bonds is 8. The van der Waals surface area contributed by atoms with Crippen molar-refractivity contribution in [3.63, 3.8) is 0 Å². The molecule has 156 valence electrons. The fourth-order valence-electron chi connectivity index (χ4n) is 3.10. The maximum absolute atomic E-state index is 13.0. The Morgan fingerprint density at radius 3 is 2.80 bits per heavy atom. The molecule has 0 bridgehead atoms. The number of nitrogens with one attached hydrogen (secondary N) is 1. The van der Waals surface area contributed by atoms with E-state index in [1.54, 1.807) is 16.7 Å². The number of unbranched alkanes of at least 4 members (excludes halogenated alkanes) is 1. The number of hydrogen-bond donors (Lipinski definition) is 1. The third kappa shape index (κ3) is 4.10. The van der Waals surface area contributed by atoms with Crippen molar-refractivity contribution in [3.8, 4) is 0 Å². The van der Waals surface area contributed by atoms with Crippen LogP contribution in [0.5, 0.6) is 0 Å². The van der Waals surface area contributed by atoms with E-state index < -0.39 is 0 Å². The van der Waals surface area contributed by atoms with E-state index in [1.807, 2.05) is 15.8 Å². The van der Waals surface area contributed by atoms with Crippen molar-refractivity contribution in [2.75, 3.05) is 5.75 Å². The third-order valence-electron chi connectivity index (χ3n) is 4.65. The Morgan fingerprint density at radius 2 is 2.03 bits per heavy atom. The van der Waals surface area contributed by atoms with Crippen molar-refractivity contribution in [2.45, 2.75) is 38.0 Å². The quantitative estimate of drug-likeness (QED) is 0.420. The molecule has 0 spiro atoms. The molecule has 7 nitrogen and oxygen atoms in total. The number of amides is 1. The molecule has 0 saturated heterocycles. The zero-order valence-electron chi connectivity index (χ0n) is 16.3. The van der Waals surface area contributed by atoms with Gasteiger partial charge >= 0.3 is 0 Å². The van der Waals surface area contributed by atoms with Gasteiger partial charge in [0.15, 0.2) is 5.16 Å². The van der Waals surface area contributed by atoms with Gasteiger partial charge in [0.05, 0.1) is 11.3 Å². The molecule has 30 heavy (non-hydrogen) atoms. The van der Waals surface area contributed by atoms with E-state index in [0.717, 1.165) is 23.9 Å². The number of aromatic nitrogens is 4. The Balaban J connectivity index is 1.53. The number of hydrogen-bond acceptors (Lipinski definition) is 6. The van der Waals surface area contributed by atoms with E-state index in [1.165, 1.54) is 35.2 Å². The van der Waals surface area contributed by atoms with Gasteiger partial charge in [-0.05, 0) is 35.6 Å². The Kier molecular flexibility index (Phi) is 6.14. The van der Waals surface area contributed by atoms with Gasteiger partial charge in [0.25, 0.3) is 5.56 Å². The molecule has 4 aromatic rings. The van der Waals surface area contributed by atoms with Crippen molar-refractivity contribution < 1.29 is 9.18 Å². The van der Waals surface area contributed by atoms with Gasteiger partial charge in [-0.1, -0.05) is 37.2 Å². The van der Waals surface area contributed by atoms with Crippen LogP contribution >= 0.6 is 23.1 Å². The minimum absolute atomic E-state index is 0.0538. The summed E-state index contributed by atoms with van der Waals surface area (Å²) in [6.07, 6.45) is 1.83. The van der Waals surface area contributed by atoms with Gasteiger partial charge in [-0.2, -0.15) is 0 Å². The average Bonchev–Trinajstić information content (AvgIpc) is 3.39. The number of thioether (sulfide) groups is 1. The van der Waals surface area contributed by atoms with Crippen molar-refractivity contribution in [3.05, 3.63) is 57.4 Å². The summed E-state index contributed by atoms with van der Waals surface area (Å²) in [4.78, 5) is 25.1. The summed E-state index contributed by atoms with van der Waals surface area (Å²) in [5.74, 6) is 0.175. The Morgan fingerprint density at radius 1 is 1.23 bits per heavy atom. The lowest BCUT2D eigenvalue weighted by Gasteiger charge is -2.09. The maximum Gasteiger partial charge on any atom is 0.272 e. The highest BCUT2D eigenvalue weighted by atomic mass is 32.2. The highest BCUT2D eigenvalue weighted by molar-refractivity contribution is 7.99. The maximum atomic E-state index is 13.0. The second-order valence-electron chi connectivity index (χ2n) is 6.76. The summed E-state index contributed by atoms with van der Waals surface area (Å²) < 4.78 is 17.1. The molecule has 1 N–H and O–H groups in total. The molecule has 10 heteroatoms. The number of nitrogens with zero attached hydrogens (tertiary/aromatic N) is 4. The molecule has 1 amide bonds. The van der Waals surface area contributed by atoms with E-state index in [9.17, 15) is 14.0 Å². The van der Waals surface area contributed by atoms with Crippen LogP contribution in [-0.2, 0) is 17.9 Å². The number of halogens is 1. The number of thiophene rings is 1. The summed E-state index contributed by atoms with van der Waals surface area (Å²) >= 11 is 2.66. The molecule has 1 aromatic carbocycles. The lowest BCUT2D eigenvalue weighted by atomic mass is 10.2. The van der Waals surface area contributed by atoms with Crippen LogP contribution in [0.4, 0.5) is 4.39 Å². The standard InChI is InChI=1S/C20H20FN5O2S2/c1-2-3-9-25-18(28)17-15(8-10-29-17)26-19(25)23-24-20(26)30-12-16(27)22-11-13-4-6-14(21)7-5-13/h4-8,10H,2-3,9,11-12H2,1H3,(H,22,27). The zero-order valence-corrected chi connectivity index (χ0v) is 17.9. The molecule has 0 aliphatic rings. The average molecular weight is 446 g/mol. The van der Waals surface area contributed by atoms with Crippen LogP contribution in [0.1, 0.15) is 25.3 Å². The predicted molar refractivity (Wildman–Crippen MR) is 117 cm³/mol. The van der Waals surface area contributed by atoms with Crippen LogP contribution in [-0.4, -0.2) is 30.8 Å². The number of carbonyl (C=O) groups is 1. The first-order valence-corrected chi connectivity index (χ1v) is 11.4. The van der Waals surface area contributed by atoms with E-state index in [4.69, 9.17) is 0 Å². The molecule has 3 aromatic heterocycles. The summed E-state index contributed by atoms with van der Waals surface area (Å²) in [6, 6.07) is 7.88. The zero-order chi connectivity index (χ0) is 21.1. The second-order valence-corrected chi connectivity index (χ2v) is 8.61. The van der Waals surface area contributed by atoms with Gasteiger partial charge in [-0.3, -0.25) is 18.6 Å². The molecule has 0 fully saturated rings. The van der Waals surface area contributed by atoms with Crippen molar-refractivity contribution in [2.24, 2.45) is 0 Å². The minimum Gasteiger partial charge on any atom is -0.351 e. The van der Waals surface area contributed by atoms with Crippen LogP contribution in [0.15, 0.2) is 45.7 Å². The van der Waals surface area contributed by atoms with Gasteiger partial charge in [-0.15, -0.1) is 21.5 Å². The van der Waals surface area contributed by atoms with Gasteiger partial charge in [0, 0.05) is 13.1 Å². The minimum atomic E-state index is -0.309. The van der Waals surface area contributed by atoms with Gasteiger partial charge in [-0.25, -0.2) is 4.39 Å². The second kappa shape index (κ2) is 8.97. The first-order chi connectivity index (χ1) is 14.6. The third-order valence-corrected chi connectivity index (χ3v) is 6.47. The largest absolute Gasteiger partial charge is 0.351 e. The monoisotopic (exact) mass is 445 g/mol. The van der Waals surface area contributed by atoms with Crippen LogP contribution in [0.3, 0.4) is 0 Å². The molecular formula is C20H20FN5O2S2. The first-order valence-electron chi connectivity index (χ1n) is 9.57. The van der Waals surface area contributed by atoms with Crippen molar-refractivity contribution in [1.29, 1.82) is 0 Å². The molecule has 0 atom stereocenters. The number of fused-ring (bicyclic) bond motifs is 3. The lowest BCUT2D eigenvalue weighted by Crippen LogP contribution is -2.25. The van der Waals surface area contributed by atoms with Crippen LogP contribution in [0, 0.1) is 5.82 Å².